The van der Waals surface area contributed by atoms with Crippen LogP contribution < -0.4 is 0 Å². The molecule has 16 heavy (non-hydrogen) atoms. The molecule has 0 atom stereocenters. The Kier molecular flexibility index (Phi) is 3.90. The highest BCUT2D eigenvalue weighted by Gasteiger charge is 2.16. The van der Waals surface area contributed by atoms with E-state index >= 15 is 0 Å². The summed E-state index contributed by atoms with van der Waals surface area (Å²) in [5.41, 5.74) is 0.103. The van der Waals surface area contributed by atoms with Gasteiger partial charge in [-0.15, -0.1) is 0 Å². The van der Waals surface area contributed by atoms with Crippen LogP contribution in [-0.4, -0.2) is 18.2 Å². The highest BCUT2D eigenvalue weighted by atomic mass is 35.5. The number of hydrogen-bond acceptors (Lipinski definition) is 3. The molecule has 0 saturated carbocycles. The summed E-state index contributed by atoms with van der Waals surface area (Å²) in [5, 5.41) is 9.91. The normalized spacial score (nSPS) is 9.94. The number of allylic oxidation sites excluding steroid dienone is 1. The molecule has 0 bridgehead atoms. The van der Waals surface area contributed by atoms with Crippen molar-refractivity contribution in [3.8, 4) is 5.75 Å². The van der Waals surface area contributed by atoms with Gasteiger partial charge in [0.15, 0.2) is 0 Å². The minimum atomic E-state index is -0.731. The standard InChI is InChI=1S/C11H10ClFO3/c1-6(13)3-7-4-8(12)5-9(10(7)14)11(15)16-2/h4-5,14H,1,3H2,2H3. The number of methoxy groups -OCH3 is 1. The summed E-state index contributed by atoms with van der Waals surface area (Å²) in [6.45, 7) is 3.08. The Morgan fingerprint density at radius 1 is 1.62 bits per heavy atom. The molecule has 0 radical (unpaired) electrons. The largest absolute Gasteiger partial charge is 0.507 e. The Morgan fingerprint density at radius 3 is 2.75 bits per heavy atom. The lowest BCUT2D eigenvalue weighted by molar-refractivity contribution is 0.0597. The van der Waals surface area contributed by atoms with E-state index in [0.29, 0.717) is 0 Å². The zero-order chi connectivity index (χ0) is 12.3. The second-order valence-corrected chi connectivity index (χ2v) is 3.58. The van der Waals surface area contributed by atoms with Gasteiger partial charge >= 0.3 is 5.97 Å². The van der Waals surface area contributed by atoms with Crippen LogP contribution in [0.25, 0.3) is 0 Å². The fourth-order valence-corrected chi connectivity index (χ4v) is 1.50. The van der Waals surface area contributed by atoms with Crippen molar-refractivity contribution in [2.45, 2.75) is 6.42 Å². The van der Waals surface area contributed by atoms with Gasteiger partial charge in [0.05, 0.1) is 12.9 Å². The van der Waals surface area contributed by atoms with Gasteiger partial charge in [0.25, 0.3) is 0 Å². The van der Waals surface area contributed by atoms with E-state index in [9.17, 15) is 14.3 Å². The number of ether oxygens (including phenoxy) is 1. The number of rotatable bonds is 3. The number of hydrogen-bond donors (Lipinski definition) is 1. The quantitative estimate of drug-likeness (QED) is 0.832. The summed E-state index contributed by atoms with van der Waals surface area (Å²) in [7, 11) is 1.18. The molecule has 0 unspecified atom stereocenters. The maximum Gasteiger partial charge on any atom is 0.341 e. The third-order valence-electron chi connectivity index (χ3n) is 1.94. The van der Waals surface area contributed by atoms with Crippen molar-refractivity contribution in [2.75, 3.05) is 7.11 Å². The van der Waals surface area contributed by atoms with Crippen molar-refractivity contribution < 1.29 is 19.0 Å². The van der Waals surface area contributed by atoms with Crippen LogP contribution in [0.1, 0.15) is 15.9 Å². The molecular formula is C11H10ClFO3. The Hall–Kier alpha value is -1.55. The van der Waals surface area contributed by atoms with Crippen LogP contribution in [0.3, 0.4) is 0 Å². The second-order valence-electron chi connectivity index (χ2n) is 3.15. The molecule has 5 heteroatoms. The number of benzene rings is 1. The second kappa shape index (κ2) is 4.99. The van der Waals surface area contributed by atoms with Crippen LogP contribution in [0.2, 0.25) is 5.02 Å². The van der Waals surface area contributed by atoms with Crippen molar-refractivity contribution in [1.82, 2.24) is 0 Å². The number of phenols is 1. The fraction of sp³-hybridized carbons (Fsp3) is 0.182. The molecule has 3 nitrogen and oxygen atoms in total. The molecule has 0 heterocycles. The molecule has 0 aliphatic carbocycles. The lowest BCUT2D eigenvalue weighted by Crippen LogP contribution is -2.03. The molecule has 86 valence electrons. The number of phenolic OH excluding ortho intramolecular Hbond substituents is 1. The van der Waals surface area contributed by atoms with Crippen molar-refractivity contribution in [2.24, 2.45) is 0 Å². The van der Waals surface area contributed by atoms with Gasteiger partial charge in [-0.1, -0.05) is 18.2 Å². The van der Waals surface area contributed by atoms with Gasteiger partial charge in [0.1, 0.15) is 11.3 Å². The van der Waals surface area contributed by atoms with Crippen molar-refractivity contribution >= 4 is 17.6 Å². The van der Waals surface area contributed by atoms with Gasteiger partial charge in [-0.25, -0.2) is 9.18 Å². The minimum Gasteiger partial charge on any atom is -0.507 e. The summed E-state index contributed by atoms with van der Waals surface area (Å²) in [6.07, 6.45) is -0.198. The summed E-state index contributed by atoms with van der Waals surface area (Å²) in [5.74, 6) is -1.70. The van der Waals surface area contributed by atoms with Crippen LogP contribution in [0.5, 0.6) is 5.75 Å². The van der Waals surface area contributed by atoms with Gasteiger partial charge in [0.2, 0.25) is 0 Å². The number of carbonyl (C=O) groups excluding carboxylic acids is 1. The third kappa shape index (κ3) is 2.73. The van der Waals surface area contributed by atoms with Crippen LogP contribution in [-0.2, 0) is 11.2 Å². The monoisotopic (exact) mass is 244 g/mol. The van der Waals surface area contributed by atoms with E-state index in [1.165, 1.54) is 19.2 Å². The summed E-state index contributed by atoms with van der Waals surface area (Å²) in [4.78, 5) is 11.3. The van der Waals surface area contributed by atoms with Crippen molar-refractivity contribution in [3.05, 3.63) is 40.7 Å². The molecule has 1 aromatic carbocycles. The van der Waals surface area contributed by atoms with E-state index < -0.39 is 11.8 Å². The highest BCUT2D eigenvalue weighted by molar-refractivity contribution is 6.31. The topological polar surface area (TPSA) is 46.5 Å². The van der Waals surface area contributed by atoms with E-state index in [4.69, 9.17) is 11.6 Å². The fourth-order valence-electron chi connectivity index (χ4n) is 1.26. The Bertz CT molecular complexity index is 443. The van der Waals surface area contributed by atoms with Gasteiger partial charge in [-0.3, -0.25) is 0 Å². The summed E-state index contributed by atoms with van der Waals surface area (Å²) >= 11 is 5.74. The first-order valence-electron chi connectivity index (χ1n) is 4.38. The zero-order valence-corrected chi connectivity index (χ0v) is 9.34. The van der Waals surface area contributed by atoms with Crippen LogP contribution in [0.15, 0.2) is 24.5 Å². The molecule has 0 amide bonds. The number of aromatic hydroxyl groups is 1. The Balaban J connectivity index is 3.25. The lowest BCUT2D eigenvalue weighted by atomic mass is 10.1. The average molecular weight is 245 g/mol. The van der Waals surface area contributed by atoms with Gasteiger partial charge in [-0.05, 0) is 12.1 Å². The summed E-state index contributed by atoms with van der Waals surface area (Å²) < 4.78 is 17.1. The number of esters is 1. The molecule has 0 fully saturated rings. The van der Waals surface area contributed by atoms with E-state index in [1.54, 1.807) is 0 Å². The van der Waals surface area contributed by atoms with Gasteiger partial charge < -0.3 is 9.84 Å². The minimum absolute atomic E-state index is 0.0914. The molecule has 1 rings (SSSR count). The first-order chi connectivity index (χ1) is 7.45. The first kappa shape index (κ1) is 12.5. The molecule has 1 aromatic rings. The van der Waals surface area contributed by atoms with E-state index in [-0.39, 0.29) is 28.3 Å². The number of carbonyl (C=O) groups is 1. The molecule has 0 aliphatic heterocycles. The maximum absolute atomic E-state index is 12.6. The summed E-state index contributed by atoms with van der Waals surface area (Å²) in [6, 6.07) is 2.63. The third-order valence-corrected chi connectivity index (χ3v) is 2.16. The zero-order valence-electron chi connectivity index (χ0n) is 8.59. The van der Waals surface area contributed by atoms with E-state index in [0.717, 1.165) is 0 Å². The molecule has 0 saturated heterocycles. The van der Waals surface area contributed by atoms with Crippen LogP contribution in [0.4, 0.5) is 4.39 Å². The molecule has 0 aliphatic rings. The predicted octanol–water partition coefficient (Wildman–Crippen LogP) is 2.86. The molecule has 0 spiro atoms. The van der Waals surface area contributed by atoms with Gasteiger partial charge in [0, 0.05) is 17.0 Å². The van der Waals surface area contributed by atoms with Gasteiger partial charge in [-0.2, -0.15) is 0 Å². The molecule has 1 N–H and O–H groups in total. The molecule has 0 aromatic heterocycles. The predicted molar refractivity (Wildman–Crippen MR) is 58.4 cm³/mol. The maximum atomic E-state index is 12.6. The Labute approximate surface area is 97.1 Å². The van der Waals surface area contributed by atoms with Crippen molar-refractivity contribution in [1.29, 1.82) is 0 Å². The van der Waals surface area contributed by atoms with E-state index in [1.807, 2.05) is 0 Å². The number of halogens is 2. The Morgan fingerprint density at radius 2 is 2.25 bits per heavy atom. The van der Waals surface area contributed by atoms with E-state index in [2.05, 4.69) is 11.3 Å². The average Bonchev–Trinajstić information content (AvgIpc) is 2.21. The SMILES string of the molecule is C=C(F)Cc1cc(Cl)cc(C(=O)OC)c1O. The highest BCUT2D eigenvalue weighted by Crippen LogP contribution is 2.29. The molecular weight excluding hydrogens is 235 g/mol. The van der Waals surface area contributed by atoms with Crippen LogP contribution in [0, 0.1) is 0 Å². The van der Waals surface area contributed by atoms with Crippen molar-refractivity contribution in [3.63, 3.8) is 0 Å². The van der Waals surface area contributed by atoms with Crippen LogP contribution >= 0.6 is 11.6 Å². The lowest BCUT2D eigenvalue weighted by Gasteiger charge is -2.08. The smallest absolute Gasteiger partial charge is 0.341 e. The first-order valence-corrected chi connectivity index (χ1v) is 4.76.